The molecule has 30 heavy (non-hydrogen) atoms. The first-order valence-corrected chi connectivity index (χ1v) is 9.35. The van der Waals surface area contributed by atoms with Crippen LogP contribution >= 0.6 is 15.9 Å². The summed E-state index contributed by atoms with van der Waals surface area (Å²) in [6.07, 6.45) is 1.88. The van der Waals surface area contributed by atoms with Gasteiger partial charge in [-0.25, -0.2) is 9.98 Å². The van der Waals surface area contributed by atoms with Crippen LogP contribution in [0.3, 0.4) is 0 Å². The molecular formula is C21H16BrF3N4O. The molecule has 0 radical (unpaired) electrons. The van der Waals surface area contributed by atoms with Crippen LogP contribution in [0.15, 0.2) is 76.7 Å². The first-order chi connectivity index (χ1) is 14.3. The van der Waals surface area contributed by atoms with Crippen molar-refractivity contribution in [3.05, 3.63) is 77.3 Å². The molecule has 0 unspecified atom stereocenters. The molecular weight excluding hydrogens is 461 g/mol. The molecule has 2 heterocycles. The van der Waals surface area contributed by atoms with Crippen molar-refractivity contribution in [1.82, 2.24) is 14.5 Å². The lowest BCUT2D eigenvalue weighted by Gasteiger charge is -2.10. The molecule has 154 valence electrons. The van der Waals surface area contributed by atoms with Gasteiger partial charge >= 0.3 is 6.18 Å². The maximum absolute atomic E-state index is 13.2. The van der Waals surface area contributed by atoms with Crippen LogP contribution < -0.4 is 0 Å². The molecule has 0 N–H and O–H groups in total. The lowest BCUT2D eigenvalue weighted by atomic mass is 10.2. The van der Waals surface area contributed by atoms with E-state index < -0.39 is 11.7 Å². The molecule has 0 atom stereocenters. The number of nitrogens with zero attached hydrogens (tertiary/aromatic N) is 4. The Hall–Kier alpha value is -3.20. The molecule has 0 bridgehead atoms. The van der Waals surface area contributed by atoms with Crippen LogP contribution in [0.5, 0.6) is 0 Å². The molecule has 0 spiro atoms. The van der Waals surface area contributed by atoms with Gasteiger partial charge in [0, 0.05) is 22.4 Å². The van der Waals surface area contributed by atoms with Crippen LogP contribution in [0.4, 0.5) is 13.2 Å². The number of hydrogen-bond donors (Lipinski definition) is 0. The normalized spacial score (nSPS) is 12.8. The van der Waals surface area contributed by atoms with Gasteiger partial charge in [-0.3, -0.25) is 9.55 Å². The van der Waals surface area contributed by atoms with E-state index in [4.69, 9.17) is 4.74 Å². The first-order valence-electron chi connectivity index (χ1n) is 8.55. The third-order valence-corrected chi connectivity index (χ3v) is 4.64. The van der Waals surface area contributed by atoms with E-state index in [1.807, 2.05) is 0 Å². The number of benzene rings is 1. The lowest BCUT2D eigenvalue weighted by molar-refractivity contribution is -0.137. The minimum atomic E-state index is -4.48. The quantitative estimate of drug-likeness (QED) is 0.245. The van der Waals surface area contributed by atoms with Gasteiger partial charge in [0.15, 0.2) is 5.82 Å². The van der Waals surface area contributed by atoms with Crippen LogP contribution in [0.1, 0.15) is 5.56 Å². The Kier molecular flexibility index (Phi) is 6.21. The Morgan fingerprint density at radius 3 is 2.57 bits per heavy atom. The number of ether oxygens (including phenoxy) is 1. The fraction of sp³-hybridized carbons (Fsp3) is 0.0952. The molecule has 0 saturated heterocycles. The Bertz CT molecular complexity index is 1160. The van der Waals surface area contributed by atoms with Crippen LogP contribution in [0.2, 0.25) is 0 Å². The summed E-state index contributed by atoms with van der Waals surface area (Å²) < 4.78 is 47.1. The maximum Gasteiger partial charge on any atom is 0.416 e. The molecule has 5 nitrogen and oxygen atoms in total. The van der Waals surface area contributed by atoms with Crippen molar-refractivity contribution in [3.8, 4) is 11.5 Å². The van der Waals surface area contributed by atoms with Gasteiger partial charge in [-0.15, -0.1) is 0 Å². The second-order valence-electron chi connectivity index (χ2n) is 6.00. The van der Waals surface area contributed by atoms with Gasteiger partial charge in [-0.05, 0) is 65.1 Å². The number of rotatable bonds is 6. The third kappa shape index (κ3) is 4.35. The van der Waals surface area contributed by atoms with Crippen molar-refractivity contribution < 1.29 is 17.9 Å². The largest absolute Gasteiger partial charge is 0.481 e. The van der Waals surface area contributed by atoms with Gasteiger partial charge in [0.05, 0.1) is 23.7 Å². The van der Waals surface area contributed by atoms with Crippen molar-refractivity contribution in [2.24, 2.45) is 4.99 Å². The highest BCUT2D eigenvalue weighted by Gasteiger charge is 2.31. The fourth-order valence-corrected chi connectivity index (χ4v) is 3.01. The minimum Gasteiger partial charge on any atom is -0.481 e. The number of aliphatic imine (C=N–C) groups is 1. The predicted molar refractivity (Wildman–Crippen MR) is 115 cm³/mol. The Morgan fingerprint density at radius 1 is 1.23 bits per heavy atom. The standard InChI is InChI=1S/C21H16BrF3N4O/c1-4-15(7-10-19(26-2)30-3)29-18-9-5-13(21(23,24)25)11-17(18)28-20(29)16-8-6-14(22)12-27-16/h4-12H,1-2H2,3H3/b15-7+,19-10+. The van der Waals surface area contributed by atoms with Gasteiger partial charge < -0.3 is 4.74 Å². The predicted octanol–water partition coefficient (Wildman–Crippen LogP) is 6.09. The molecule has 1 aromatic carbocycles. The Labute approximate surface area is 179 Å². The van der Waals surface area contributed by atoms with Crippen molar-refractivity contribution >= 4 is 39.4 Å². The monoisotopic (exact) mass is 476 g/mol. The van der Waals surface area contributed by atoms with E-state index in [0.717, 1.165) is 16.6 Å². The summed E-state index contributed by atoms with van der Waals surface area (Å²) in [5.41, 5.74) is 0.878. The van der Waals surface area contributed by atoms with Crippen LogP contribution in [-0.4, -0.2) is 28.4 Å². The summed E-state index contributed by atoms with van der Waals surface area (Å²) in [6.45, 7) is 7.23. The summed E-state index contributed by atoms with van der Waals surface area (Å²) in [7, 11) is 1.45. The number of pyridine rings is 1. The first kappa shape index (κ1) is 21.5. The number of methoxy groups -OCH3 is 1. The number of allylic oxidation sites excluding steroid dienone is 4. The van der Waals surface area contributed by atoms with E-state index >= 15 is 0 Å². The zero-order valence-corrected chi connectivity index (χ0v) is 17.4. The summed E-state index contributed by atoms with van der Waals surface area (Å²) in [4.78, 5) is 12.5. The number of alkyl halides is 3. The van der Waals surface area contributed by atoms with Crippen molar-refractivity contribution in [2.75, 3.05) is 7.11 Å². The van der Waals surface area contributed by atoms with Gasteiger partial charge in [0.2, 0.25) is 5.88 Å². The summed E-state index contributed by atoms with van der Waals surface area (Å²) in [6, 6.07) is 6.89. The molecule has 3 aromatic rings. The molecule has 0 amide bonds. The number of imidazole rings is 1. The van der Waals surface area contributed by atoms with Crippen molar-refractivity contribution in [1.29, 1.82) is 0 Å². The second kappa shape index (κ2) is 8.66. The zero-order valence-electron chi connectivity index (χ0n) is 15.8. The van der Waals surface area contributed by atoms with E-state index in [0.29, 0.717) is 22.7 Å². The highest BCUT2D eigenvalue weighted by Crippen LogP contribution is 2.34. The zero-order chi connectivity index (χ0) is 21.9. The molecule has 2 aromatic heterocycles. The van der Waals surface area contributed by atoms with Crippen LogP contribution in [0, 0.1) is 0 Å². The van der Waals surface area contributed by atoms with Gasteiger partial charge in [0.1, 0.15) is 5.69 Å². The maximum atomic E-state index is 13.2. The average molecular weight is 477 g/mol. The molecule has 0 aliphatic carbocycles. The van der Waals surface area contributed by atoms with Gasteiger partial charge in [-0.1, -0.05) is 6.58 Å². The van der Waals surface area contributed by atoms with E-state index in [1.54, 1.807) is 41.1 Å². The van der Waals surface area contributed by atoms with E-state index in [1.165, 1.54) is 13.2 Å². The minimum absolute atomic E-state index is 0.176. The molecule has 0 aliphatic heterocycles. The van der Waals surface area contributed by atoms with Gasteiger partial charge in [0.25, 0.3) is 0 Å². The Balaban J connectivity index is 2.30. The van der Waals surface area contributed by atoms with Gasteiger partial charge in [-0.2, -0.15) is 13.2 Å². The lowest BCUT2D eigenvalue weighted by Crippen LogP contribution is -2.04. The van der Waals surface area contributed by atoms with Crippen molar-refractivity contribution in [2.45, 2.75) is 6.18 Å². The third-order valence-electron chi connectivity index (χ3n) is 4.17. The van der Waals surface area contributed by atoms with E-state index in [-0.39, 0.29) is 11.4 Å². The van der Waals surface area contributed by atoms with E-state index in [9.17, 15) is 13.2 Å². The molecule has 0 saturated carbocycles. The topological polar surface area (TPSA) is 52.3 Å². The number of aromatic nitrogens is 3. The molecule has 0 aliphatic rings. The highest BCUT2D eigenvalue weighted by atomic mass is 79.9. The number of hydrogen-bond acceptors (Lipinski definition) is 4. The van der Waals surface area contributed by atoms with Crippen molar-refractivity contribution in [3.63, 3.8) is 0 Å². The number of halogens is 4. The number of fused-ring (bicyclic) bond motifs is 1. The fourth-order valence-electron chi connectivity index (χ4n) is 2.77. The average Bonchev–Trinajstić information content (AvgIpc) is 3.10. The SMILES string of the molecule is C=C/C(=C\C=C(/N=C)OC)n1c(-c2ccc(Br)cn2)nc2cc(C(F)(F)F)ccc21. The summed E-state index contributed by atoms with van der Waals surface area (Å²) >= 11 is 3.32. The molecule has 9 heteroatoms. The van der Waals surface area contributed by atoms with Crippen LogP contribution in [0.25, 0.3) is 28.2 Å². The summed E-state index contributed by atoms with van der Waals surface area (Å²) in [5, 5.41) is 0. The summed E-state index contributed by atoms with van der Waals surface area (Å²) in [5.74, 6) is 0.628. The molecule has 3 rings (SSSR count). The second-order valence-corrected chi connectivity index (χ2v) is 6.91. The molecule has 0 fully saturated rings. The Morgan fingerprint density at radius 2 is 2.00 bits per heavy atom. The highest BCUT2D eigenvalue weighted by molar-refractivity contribution is 9.10. The van der Waals surface area contributed by atoms with Crippen LogP contribution in [-0.2, 0) is 10.9 Å². The smallest absolute Gasteiger partial charge is 0.416 e. The van der Waals surface area contributed by atoms with E-state index in [2.05, 4.69) is 44.2 Å².